The molecule has 1 rings (SSSR count). The molecule has 0 spiro atoms. The van der Waals surface area contributed by atoms with E-state index in [-0.39, 0.29) is 0 Å². The van der Waals surface area contributed by atoms with E-state index >= 15 is 0 Å². The van der Waals surface area contributed by atoms with Crippen molar-refractivity contribution >= 4 is 0 Å². The normalized spacial score (nSPS) is 10.2. The van der Waals surface area contributed by atoms with Crippen LogP contribution in [-0.4, -0.2) is 13.2 Å². The van der Waals surface area contributed by atoms with E-state index in [1.54, 1.807) is 0 Å². The summed E-state index contributed by atoms with van der Waals surface area (Å²) in [5.41, 5.74) is 2.65. The Balaban J connectivity index is 1.93. The van der Waals surface area contributed by atoms with Gasteiger partial charge >= 0.3 is 0 Å². The van der Waals surface area contributed by atoms with Gasteiger partial charge in [0, 0.05) is 6.54 Å². The van der Waals surface area contributed by atoms with Gasteiger partial charge in [-0.05, 0) is 25.0 Å². The lowest BCUT2D eigenvalue weighted by atomic mass is 10.2. The van der Waals surface area contributed by atoms with Gasteiger partial charge in [0.1, 0.15) is 5.75 Å². The maximum absolute atomic E-state index is 5.57. The highest BCUT2D eigenvalue weighted by Crippen LogP contribution is 2.09. The lowest BCUT2D eigenvalue weighted by Gasteiger charge is -2.05. The number of rotatable bonds is 8. The number of benzene rings is 1. The predicted octanol–water partition coefficient (Wildman–Crippen LogP) is 2.09. The SMILES string of the molecule is NNCCCCCCOc1ccccc1. The van der Waals surface area contributed by atoms with Crippen LogP contribution in [0.2, 0.25) is 0 Å². The molecular weight excluding hydrogens is 188 g/mol. The van der Waals surface area contributed by atoms with Crippen LogP contribution in [0.5, 0.6) is 5.75 Å². The summed E-state index contributed by atoms with van der Waals surface area (Å²) in [7, 11) is 0. The first kappa shape index (κ1) is 12.0. The van der Waals surface area contributed by atoms with Gasteiger partial charge in [-0.1, -0.05) is 31.0 Å². The van der Waals surface area contributed by atoms with E-state index < -0.39 is 0 Å². The number of para-hydroxylation sites is 1. The highest BCUT2D eigenvalue weighted by molar-refractivity contribution is 5.20. The molecule has 1 aromatic carbocycles. The Hall–Kier alpha value is -1.06. The van der Waals surface area contributed by atoms with Crippen molar-refractivity contribution in [1.82, 2.24) is 5.43 Å². The Kier molecular flexibility index (Phi) is 6.62. The molecule has 84 valence electrons. The Morgan fingerprint density at radius 1 is 1.00 bits per heavy atom. The molecule has 0 radical (unpaired) electrons. The number of hydrazine groups is 1. The zero-order valence-electron chi connectivity index (χ0n) is 9.11. The average Bonchev–Trinajstić information content (AvgIpc) is 2.29. The van der Waals surface area contributed by atoms with E-state index in [0.29, 0.717) is 0 Å². The summed E-state index contributed by atoms with van der Waals surface area (Å²) in [5.74, 6) is 6.13. The van der Waals surface area contributed by atoms with Crippen molar-refractivity contribution in [3.05, 3.63) is 30.3 Å². The molecule has 0 saturated heterocycles. The fraction of sp³-hybridized carbons (Fsp3) is 0.500. The van der Waals surface area contributed by atoms with Crippen LogP contribution in [-0.2, 0) is 0 Å². The van der Waals surface area contributed by atoms with Crippen molar-refractivity contribution in [1.29, 1.82) is 0 Å². The van der Waals surface area contributed by atoms with Gasteiger partial charge in [0.25, 0.3) is 0 Å². The van der Waals surface area contributed by atoms with Crippen molar-refractivity contribution in [2.24, 2.45) is 5.84 Å². The van der Waals surface area contributed by atoms with E-state index in [1.807, 2.05) is 30.3 Å². The third-order valence-electron chi connectivity index (χ3n) is 2.23. The molecule has 0 aromatic heterocycles. The predicted molar refractivity (Wildman–Crippen MR) is 62.6 cm³/mol. The first-order valence-corrected chi connectivity index (χ1v) is 5.55. The van der Waals surface area contributed by atoms with Crippen LogP contribution in [0.15, 0.2) is 30.3 Å². The van der Waals surface area contributed by atoms with Crippen molar-refractivity contribution in [3.8, 4) is 5.75 Å². The fourth-order valence-electron chi connectivity index (χ4n) is 1.39. The zero-order valence-corrected chi connectivity index (χ0v) is 9.11. The Labute approximate surface area is 91.6 Å². The summed E-state index contributed by atoms with van der Waals surface area (Å²) in [4.78, 5) is 0. The van der Waals surface area contributed by atoms with Crippen LogP contribution in [0.4, 0.5) is 0 Å². The number of hydrogen-bond donors (Lipinski definition) is 2. The molecule has 0 aliphatic rings. The van der Waals surface area contributed by atoms with Crippen LogP contribution in [0.1, 0.15) is 25.7 Å². The van der Waals surface area contributed by atoms with Crippen LogP contribution < -0.4 is 16.0 Å². The number of ether oxygens (including phenoxy) is 1. The van der Waals surface area contributed by atoms with Crippen LogP contribution in [0.3, 0.4) is 0 Å². The summed E-state index contributed by atoms with van der Waals surface area (Å²) in [6.45, 7) is 1.71. The molecule has 0 aliphatic heterocycles. The first-order chi connectivity index (χ1) is 7.43. The highest BCUT2D eigenvalue weighted by atomic mass is 16.5. The number of nitrogens with two attached hydrogens (primary N) is 1. The lowest BCUT2D eigenvalue weighted by Crippen LogP contribution is -2.22. The van der Waals surface area contributed by atoms with E-state index in [9.17, 15) is 0 Å². The minimum Gasteiger partial charge on any atom is -0.494 e. The largest absolute Gasteiger partial charge is 0.494 e. The van der Waals surface area contributed by atoms with Crippen LogP contribution >= 0.6 is 0 Å². The van der Waals surface area contributed by atoms with Gasteiger partial charge in [0.05, 0.1) is 6.61 Å². The summed E-state index contributed by atoms with van der Waals surface area (Å²) in [5, 5.41) is 0. The van der Waals surface area contributed by atoms with Gasteiger partial charge in [0.2, 0.25) is 0 Å². The lowest BCUT2D eigenvalue weighted by molar-refractivity contribution is 0.304. The van der Waals surface area contributed by atoms with Gasteiger partial charge < -0.3 is 4.74 Å². The molecule has 0 atom stereocenters. The summed E-state index contributed by atoms with van der Waals surface area (Å²) in [6.07, 6.45) is 4.66. The molecule has 0 fully saturated rings. The maximum Gasteiger partial charge on any atom is 0.119 e. The van der Waals surface area contributed by atoms with Gasteiger partial charge in [0.15, 0.2) is 0 Å². The smallest absolute Gasteiger partial charge is 0.119 e. The molecule has 0 unspecified atom stereocenters. The Morgan fingerprint density at radius 3 is 2.47 bits per heavy atom. The summed E-state index contributed by atoms with van der Waals surface area (Å²) >= 11 is 0. The summed E-state index contributed by atoms with van der Waals surface area (Å²) in [6, 6.07) is 9.94. The molecule has 1 aromatic rings. The third-order valence-corrected chi connectivity index (χ3v) is 2.23. The number of hydrogen-bond acceptors (Lipinski definition) is 3. The molecule has 3 nitrogen and oxygen atoms in total. The molecule has 0 bridgehead atoms. The van der Waals surface area contributed by atoms with Gasteiger partial charge in [-0.3, -0.25) is 11.3 Å². The monoisotopic (exact) mass is 208 g/mol. The third kappa shape index (κ3) is 6.10. The van der Waals surface area contributed by atoms with E-state index in [1.165, 1.54) is 12.8 Å². The second kappa shape index (κ2) is 8.26. The molecule has 0 aliphatic carbocycles. The zero-order chi connectivity index (χ0) is 10.8. The maximum atomic E-state index is 5.57. The Bertz CT molecular complexity index is 239. The molecule has 0 amide bonds. The molecule has 0 heterocycles. The quantitative estimate of drug-likeness (QED) is 0.390. The molecule has 3 heteroatoms. The molecule has 15 heavy (non-hydrogen) atoms. The highest BCUT2D eigenvalue weighted by Gasteiger charge is 1.92. The summed E-state index contributed by atoms with van der Waals surface area (Å²) < 4.78 is 5.57. The number of unbranched alkanes of at least 4 members (excludes halogenated alkanes) is 3. The second-order valence-electron chi connectivity index (χ2n) is 3.53. The van der Waals surface area contributed by atoms with Crippen molar-refractivity contribution in [2.45, 2.75) is 25.7 Å². The fourth-order valence-corrected chi connectivity index (χ4v) is 1.39. The van der Waals surface area contributed by atoms with E-state index in [2.05, 4.69) is 5.43 Å². The topological polar surface area (TPSA) is 47.3 Å². The van der Waals surface area contributed by atoms with Crippen molar-refractivity contribution < 1.29 is 4.74 Å². The molecular formula is C12H20N2O. The van der Waals surface area contributed by atoms with Crippen molar-refractivity contribution in [2.75, 3.05) is 13.2 Å². The number of nitrogens with one attached hydrogen (secondary N) is 1. The first-order valence-electron chi connectivity index (χ1n) is 5.55. The standard InChI is InChI=1S/C12H20N2O/c13-14-10-6-1-2-7-11-15-12-8-4-3-5-9-12/h3-5,8-9,14H,1-2,6-7,10-11,13H2. The van der Waals surface area contributed by atoms with Gasteiger partial charge in [-0.2, -0.15) is 0 Å². The molecule has 3 N–H and O–H groups in total. The van der Waals surface area contributed by atoms with Crippen LogP contribution in [0, 0.1) is 0 Å². The van der Waals surface area contributed by atoms with E-state index in [0.717, 1.165) is 31.7 Å². The minimum absolute atomic E-state index is 0.806. The molecule has 0 saturated carbocycles. The van der Waals surface area contributed by atoms with Crippen molar-refractivity contribution in [3.63, 3.8) is 0 Å². The van der Waals surface area contributed by atoms with Gasteiger partial charge in [-0.25, -0.2) is 0 Å². The van der Waals surface area contributed by atoms with E-state index in [4.69, 9.17) is 10.6 Å². The minimum atomic E-state index is 0.806. The Morgan fingerprint density at radius 2 is 1.73 bits per heavy atom. The van der Waals surface area contributed by atoms with Crippen LogP contribution in [0.25, 0.3) is 0 Å². The average molecular weight is 208 g/mol. The van der Waals surface area contributed by atoms with Gasteiger partial charge in [-0.15, -0.1) is 0 Å². The second-order valence-corrected chi connectivity index (χ2v) is 3.53.